The number of hydrogen-bond donors (Lipinski definition) is 2. The van der Waals surface area contributed by atoms with Crippen molar-refractivity contribution >= 4 is 24.7 Å². The van der Waals surface area contributed by atoms with Gasteiger partial charge in [-0.2, -0.15) is 0 Å². The highest BCUT2D eigenvalue weighted by molar-refractivity contribution is 6.52. The van der Waals surface area contributed by atoms with Crippen LogP contribution in [0.3, 0.4) is 0 Å². The van der Waals surface area contributed by atoms with Crippen molar-refractivity contribution in [3.8, 4) is 0 Å². The first-order valence-corrected chi connectivity index (χ1v) is 6.27. The van der Waals surface area contributed by atoms with Crippen LogP contribution < -0.4 is 11.5 Å². The van der Waals surface area contributed by atoms with E-state index in [9.17, 15) is 0 Å². The van der Waals surface area contributed by atoms with E-state index in [0.717, 1.165) is 0 Å². The number of nitrogens with two attached hydrogens (primary N) is 2. The maximum Gasteiger partial charge on any atom is 0.487 e. The lowest BCUT2D eigenvalue weighted by molar-refractivity contribution is 0.00578. The van der Waals surface area contributed by atoms with Crippen LogP contribution in [-0.2, 0) is 9.31 Å². The lowest BCUT2D eigenvalue weighted by Gasteiger charge is -2.32. The molecule has 1 saturated heterocycles. The highest BCUT2D eigenvalue weighted by atomic mass is 16.7. The Morgan fingerprint density at radius 2 is 1.74 bits per heavy atom. The fourth-order valence-electron chi connectivity index (χ4n) is 1.83. The third kappa shape index (κ3) is 2.59. The minimum absolute atomic E-state index is 0.353. The second kappa shape index (κ2) is 4.54. The lowest BCUT2D eigenvalue weighted by Crippen LogP contribution is -2.41. The molecule has 0 saturated carbocycles. The third-order valence-corrected chi connectivity index (χ3v) is 3.75. The van der Waals surface area contributed by atoms with Crippen molar-refractivity contribution < 1.29 is 9.31 Å². The highest BCUT2D eigenvalue weighted by Gasteiger charge is 2.50. The first kappa shape index (κ1) is 13.9. The molecule has 1 aliphatic heterocycles. The molecule has 1 aromatic heterocycles. The number of hydrogen-bond acceptors (Lipinski definition) is 5. The van der Waals surface area contributed by atoms with Gasteiger partial charge >= 0.3 is 7.12 Å². The minimum Gasteiger partial charge on any atom is -0.400 e. The summed E-state index contributed by atoms with van der Waals surface area (Å²) in [6.07, 6.45) is 3.37. The van der Waals surface area contributed by atoms with Crippen LogP contribution in [-0.4, -0.2) is 23.3 Å². The summed E-state index contributed by atoms with van der Waals surface area (Å²) >= 11 is 0. The maximum atomic E-state index is 5.86. The topological polar surface area (TPSA) is 83.4 Å². The maximum absolute atomic E-state index is 5.86. The first-order chi connectivity index (χ1) is 8.73. The van der Waals surface area contributed by atoms with Crippen molar-refractivity contribution in [3.05, 3.63) is 23.8 Å². The van der Waals surface area contributed by atoms with Gasteiger partial charge in [-0.25, -0.2) is 4.98 Å². The molecule has 6 heteroatoms. The summed E-state index contributed by atoms with van der Waals surface area (Å²) in [5, 5.41) is 0. The van der Waals surface area contributed by atoms with Gasteiger partial charge in [0.05, 0.1) is 11.2 Å². The molecule has 0 aliphatic carbocycles. The van der Waals surface area contributed by atoms with E-state index in [0.29, 0.717) is 17.1 Å². The average molecular weight is 261 g/mol. The van der Waals surface area contributed by atoms with Crippen molar-refractivity contribution in [1.82, 2.24) is 4.98 Å². The number of nitrogen functional groups attached to an aromatic ring is 2. The molecule has 19 heavy (non-hydrogen) atoms. The van der Waals surface area contributed by atoms with E-state index in [1.165, 1.54) is 0 Å². The Hall–Kier alpha value is -1.53. The average Bonchev–Trinajstić information content (AvgIpc) is 2.46. The second-order valence-corrected chi connectivity index (χ2v) is 5.68. The number of anilines is 2. The van der Waals surface area contributed by atoms with Crippen molar-refractivity contribution in [2.75, 3.05) is 11.5 Å². The van der Waals surface area contributed by atoms with Crippen LogP contribution >= 0.6 is 0 Å². The van der Waals surface area contributed by atoms with E-state index in [-0.39, 0.29) is 11.2 Å². The zero-order valence-corrected chi connectivity index (χ0v) is 11.8. The molecule has 0 amide bonds. The van der Waals surface area contributed by atoms with Crippen LogP contribution in [0.25, 0.3) is 6.08 Å². The first-order valence-electron chi connectivity index (χ1n) is 6.27. The second-order valence-electron chi connectivity index (χ2n) is 5.68. The number of rotatable bonds is 2. The molecule has 0 unspecified atom stereocenters. The molecule has 5 nitrogen and oxygen atoms in total. The molecule has 2 heterocycles. The van der Waals surface area contributed by atoms with Crippen LogP contribution in [0.15, 0.2) is 18.2 Å². The standard InChI is InChI=1S/C13H20BN3O2/c1-12(2)13(3,4)19-14(18-12)7-5-9-10(15)6-8-17-11(9)16/h5-8H,1-4H3,(H4,15,16,17)/b7-5+. The molecule has 102 valence electrons. The Balaban J connectivity index is 2.18. The zero-order valence-electron chi connectivity index (χ0n) is 11.8. The van der Waals surface area contributed by atoms with Gasteiger partial charge in [0, 0.05) is 17.4 Å². The summed E-state index contributed by atoms with van der Waals surface area (Å²) in [6.45, 7) is 8.03. The molecule has 0 bridgehead atoms. The number of pyridine rings is 1. The molecule has 4 N–H and O–H groups in total. The summed E-state index contributed by atoms with van der Waals surface area (Å²) in [6, 6.07) is 1.71. The van der Waals surface area contributed by atoms with Crippen LogP contribution in [0.4, 0.5) is 11.5 Å². The van der Waals surface area contributed by atoms with Gasteiger partial charge in [-0.1, -0.05) is 12.1 Å². The van der Waals surface area contributed by atoms with Gasteiger partial charge < -0.3 is 20.8 Å². The van der Waals surface area contributed by atoms with Gasteiger partial charge in [0.15, 0.2) is 0 Å². The van der Waals surface area contributed by atoms with Crippen molar-refractivity contribution in [3.63, 3.8) is 0 Å². The Kier molecular flexibility index (Phi) is 3.32. The Morgan fingerprint density at radius 3 is 2.26 bits per heavy atom. The molecular weight excluding hydrogens is 241 g/mol. The molecule has 1 fully saturated rings. The number of aromatic nitrogens is 1. The van der Waals surface area contributed by atoms with Crippen LogP contribution in [0.5, 0.6) is 0 Å². The summed E-state index contributed by atoms with van der Waals surface area (Å²) in [5.74, 6) is 2.20. The smallest absolute Gasteiger partial charge is 0.400 e. The lowest BCUT2D eigenvalue weighted by atomic mass is 9.89. The fraction of sp³-hybridized carbons (Fsp3) is 0.462. The van der Waals surface area contributed by atoms with Gasteiger partial charge in [-0.15, -0.1) is 0 Å². The summed E-state index contributed by atoms with van der Waals surface area (Å²) in [7, 11) is -0.413. The molecule has 1 aromatic rings. The van der Waals surface area contributed by atoms with E-state index in [1.807, 2.05) is 27.7 Å². The van der Waals surface area contributed by atoms with E-state index in [2.05, 4.69) is 4.98 Å². The van der Waals surface area contributed by atoms with Crippen LogP contribution in [0.2, 0.25) is 0 Å². The summed E-state index contributed by atoms with van der Waals surface area (Å²) in [4.78, 5) is 4.01. The molecule has 1 aliphatic rings. The predicted octanol–water partition coefficient (Wildman–Crippen LogP) is 1.89. The van der Waals surface area contributed by atoms with E-state index < -0.39 is 7.12 Å². The molecule has 0 radical (unpaired) electrons. The van der Waals surface area contributed by atoms with Crippen LogP contribution in [0.1, 0.15) is 33.3 Å². The van der Waals surface area contributed by atoms with Gasteiger partial charge in [0.1, 0.15) is 5.82 Å². The summed E-state index contributed by atoms with van der Waals surface area (Å²) < 4.78 is 11.7. The zero-order chi connectivity index (χ0) is 14.3. The van der Waals surface area contributed by atoms with Crippen molar-refractivity contribution in [2.45, 2.75) is 38.9 Å². The van der Waals surface area contributed by atoms with Crippen molar-refractivity contribution in [1.29, 1.82) is 0 Å². The quantitative estimate of drug-likeness (QED) is 0.794. The predicted molar refractivity (Wildman–Crippen MR) is 78.2 cm³/mol. The Bertz CT molecular complexity index is 478. The third-order valence-electron chi connectivity index (χ3n) is 3.75. The molecule has 0 spiro atoms. The SMILES string of the molecule is CC1(C)OB(/C=C/c2c(N)ccnc2N)OC1(C)C. The number of nitrogens with zero attached hydrogens (tertiary/aromatic N) is 1. The van der Waals surface area contributed by atoms with Crippen LogP contribution in [0, 0.1) is 0 Å². The highest BCUT2D eigenvalue weighted by Crippen LogP contribution is 2.37. The van der Waals surface area contributed by atoms with Gasteiger partial charge in [0.25, 0.3) is 0 Å². The molecule has 2 rings (SSSR count). The summed E-state index contributed by atoms with van der Waals surface area (Å²) in [5.41, 5.74) is 12.2. The van der Waals surface area contributed by atoms with Crippen molar-refractivity contribution in [2.24, 2.45) is 0 Å². The van der Waals surface area contributed by atoms with Gasteiger partial charge in [-0.05, 0) is 33.8 Å². The van der Waals surface area contributed by atoms with E-state index in [4.69, 9.17) is 20.8 Å². The Morgan fingerprint density at radius 1 is 1.16 bits per heavy atom. The largest absolute Gasteiger partial charge is 0.487 e. The normalized spacial score (nSPS) is 21.2. The molecule has 0 atom stereocenters. The molecular formula is C13H20BN3O2. The van der Waals surface area contributed by atoms with Gasteiger partial charge in [-0.3, -0.25) is 0 Å². The Labute approximate surface area is 114 Å². The van der Waals surface area contributed by atoms with E-state index in [1.54, 1.807) is 24.3 Å². The monoisotopic (exact) mass is 261 g/mol. The van der Waals surface area contributed by atoms with Gasteiger partial charge in [0.2, 0.25) is 0 Å². The fourth-order valence-corrected chi connectivity index (χ4v) is 1.83. The minimum atomic E-state index is -0.413. The van der Waals surface area contributed by atoms with E-state index >= 15 is 0 Å². The molecule has 0 aromatic carbocycles.